The molecule has 0 bridgehead atoms. The van der Waals surface area contributed by atoms with Crippen LogP contribution in [0.4, 0.5) is 0 Å². The lowest BCUT2D eigenvalue weighted by Gasteiger charge is -2.29. The van der Waals surface area contributed by atoms with Crippen molar-refractivity contribution in [3.05, 3.63) is 35.4 Å². The largest absolute Gasteiger partial charge is 0.357 e. The minimum absolute atomic E-state index is 0.251. The fourth-order valence-corrected chi connectivity index (χ4v) is 4.88. The molecule has 1 aromatic rings. The second-order valence-electron chi connectivity index (χ2n) is 7.71. The van der Waals surface area contributed by atoms with Crippen LogP contribution < -0.4 is 10.6 Å². The Morgan fingerprint density at radius 2 is 2.11 bits per heavy atom. The molecule has 1 heterocycles. The molecule has 1 aromatic carbocycles. The van der Waals surface area contributed by atoms with Crippen molar-refractivity contribution in [1.82, 2.24) is 15.5 Å². The molecule has 154 valence electrons. The predicted molar refractivity (Wildman–Crippen MR) is 119 cm³/mol. The molecule has 1 fully saturated rings. The third kappa shape index (κ3) is 5.90. The Morgan fingerprint density at radius 3 is 2.86 bits per heavy atom. The monoisotopic (exact) mass is 402 g/mol. The van der Waals surface area contributed by atoms with Crippen LogP contribution in [-0.4, -0.2) is 53.9 Å². The molecule has 1 saturated carbocycles. The zero-order valence-electron chi connectivity index (χ0n) is 17.2. The van der Waals surface area contributed by atoms with Gasteiger partial charge in [-0.3, -0.25) is 9.79 Å². The fourth-order valence-electron chi connectivity index (χ4n) is 4.09. The molecule has 1 aliphatic carbocycles. The number of rotatable bonds is 7. The average Bonchev–Trinajstić information content (AvgIpc) is 3.18. The second-order valence-corrected chi connectivity index (χ2v) is 8.85. The van der Waals surface area contributed by atoms with Gasteiger partial charge in [0.15, 0.2) is 5.96 Å². The zero-order chi connectivity index (χ0) is 19.8. The summed E-state index contributed by atoms with van der Waals surface area (Å²) in [6, 6.07) is 8.97. The van der Waals surface area contributed by atoms with Crippen LogP contribution in [0.5, 0.6) is 0 Å². The molecule has 2 aliphatic rings. The molecule has 5 nitrogen and oxygen atoms in total. The van der Waals surface area contributed by atoms with Gasteiger partial charge in [-0.25, -0.2) is 0 Å². The van der Waals surface area contributed by atoms with Crippen molar-refractivity contribution in [1.29, 1.82) is 0 Å². The van der Waals surface area contributed by atoms with Crippen molar-refractivity contribution >= 4 is 23.6 Å². The summed E-state index contributed by atoms with van der Waals surface area (Å²) >= 11 is 1.97. The van der Waals surface area contributed by atoms with Gasteiger partial charge in [-0.15, -0.1) is 0 Å². The van der Waals surface area contributed by atoms with E-state index in [4.69, 9.17) is 4.99 Å². The number of nitrogens with zero attached hydrogens (tertiary/aromatic N) is 2. The fraction of sp³-hybridized carbons (Fsp3) is 0.636. The van der Waals surface area contributed by atoms with E-state index < -0.39 is 0 Å². The Balaban J connectivity index is 1.42. The summed E-state index contributed by atoms with van der Waals surface area (Å²) in [6.45, 7) is 5.22. The van der Waals surface area contributed by atoms with E-state index in [1.807, 2.05) is 16.7 Å². The number of hydrogen-bond acceptors (Lipinski definition) is 3. The Labute approximate surface area is 173 Å². The standard InChI is InChI=1S/C22H34N4OS/c1-3-23-22(25-19-10-11-20(15-19)28-2)24-13-6-9-21(27)26-14-12-17-7-4-5-8-18(17)16-26/h4-5,7-8,19-20H,3,6,9-16H2,1-2H3,(H2,23,24,25). The maximum Gasteiger partial charge on any atom is 0.222 e. The number of thioether (sulfide) groups is 1. The number of benzene rings is 1. The molecule has 2 unspecified atom stereocenters. The van der Waals surface area contributed by atoms with E-state index >= 15 is 0 Å². The molecule has 0 spiro atoms. The third-order valence-corrected chi connectivity index (χ3v) is 6.80. The van der Waals surface area contributed by atoms with E-state index in [1.54, 1.807) is 0 Å². The minimum Gasteiger partial charge on any atom is -0.357 e. The summed E-state index contributed by atoms with van der Waals surface area (Å²) in [5, 5.41) is 7.69. The molecule has 2 atom stereocenters. The van der Waals surface area contributed by atoms with Crippen LogP contribution in [0.25, 0.3) is 0 Å². The van der Waals surface area contributed by atoms with Crippen molar-refractivity contribution < 1.29 is 4.79 Å². The van der Waals surface area contributed by atoms with Crippen molar-refractivity contribution in [2.24, 2.45) is 4.99 Å². The maximum atomic E-state index is 12.6. The molecule has 6 heteroatoms. The molecule has 28 heavy (non-hydrogen) atoms. The van der Waals surface area contributed by atoms with Crippen molar-refractivity contribution in [2.75, 3.05) is 25.9 Å². The number of nitrogens with one attached hydrogen (secondary N) is 2. The number of hydrogen-bond donors (Lipinski definition) is 2. The molecule has 2 N–H and O–H groups in total. The number of amides is 1. The van der Waals surface area contributed by atoms with Crippen LogP contribution in [0.15, 0.2) is 29.3 Å². The van der Waals surface area contributed by atoms with E-state index in [0.717, 1.165) is 43.7 Å². The first-order chi connectivity index (χ1) is 13.7. The van der Waals surface area contributed by atoms with Crippen LogP contribution in [0.2, 0.25) is 0 Å². The Morgan fingerprint density at radius 1 is 1.29 bits per heavy atom. The Kier molecular flexibility index (Phi) is 8.07. The van der Waals surface area contributed by atoms with Gasteiger partial charge in [-0.2, -0.15) is 11.8 Å². The number of carbonyl (C=O) groups is 1. The van der Waals surface area contributed by atoms with Crippen molar-refractivity contribution in [2.45, 2.75) is 63.3 Å². The zero-order valence-corrected chi connectivity index (χ0v) is 18.1. The lowest BCUT2D eigenvalue weighted by atomic mass is 9.99. The van der Waals surface area contributed by atoms with Gasteiger partial charge in [0.05, 0.1) is 0 Å². The van der Waals surface area contributed by atoms with Gasteiger partial charge in [-0.1, -0.05) is 24.3 Å². The van der Waals surface area contributed by atoms with Crippen LogP contribution in [0.1, 0.15) is 50.2 Å². The molecule has 0 saturated heterocycles. The number of guanidine groups is 1. The number of aliphatic imine (C=N–C) groups is 1. The smallest absolute Gasteiger partial charge is 0.222 e. The van der Waals surface area contributed by atoms with E-state index in [0.29, 0.717) is 19.0 Å². The highest BCUT2D eigenvalue weighted by Crippen LogP contribution is 2.28. The van der Waals surface area contributed by atoms with E-state index in [9.17, 15) is 4.79 Å². The van der Waals surface area contributed by atoms with Gasteiger partial charge in [0.25, 0.3) is 0 Å². The summed E-state index contributed by atoms with van der Waals surface area (Å²) in [7, 11) is 0. The molecular formula is C22H34N4OS. The highest BCUT2D eigenvalue weighted by molar-refractivity contribution is 7.99. The first kappa shape index (κ1) is 21.0. The summed E-state index contributed by atoms with van der Waals surface area (Å²) in [6.07, 6.45) is 8.24. The SMILES string of the molecule is CCNC(=NCCCC(=O)N1CCc2ccccc2C1)NC1CCC(SC)C1. The molecule has 0 radical (unpaired) electrons. The van der Waals surface area contributed by atoms with Gasteiger partial charge in [0.1, 0.15) is 0 Å². The highest BCUT2D eigenvalue weighted by atomic mass is 32.2. The molecular weight excluding hydrogens is 368 g/mol. The number of carbonyl (C=O) groups excluding carboxylic acids is 1. The lowest BCUT2D eigenvalue weighted by molar-refractivity contribution is -0.132. The van der Waals surface area contributed by atoms with Gasteiger partial charge in [0, 0.05) is 43.9 Å². The van der Waals surface area contributed by atoms with E-state index in [2.05, 4.69) is 48.1 Å². The normalized spacial score (nSPS) is 22.1. The summed E-state index contributed by atoms with van der Waals surface area (Å²) < 4.78 is 0. The van der Waals surface area contributed by atoms with Crippen LogP contribution in [0.3, 0.4) is 0 Å². The highest BCUT2D eigenvalue weighted by Gasteiger charge is 2.24. The Bertz CT molecular complexity index is 678. The van der Waals surface area contributed by atoms with Crippen LogP contribution in [0, 0.1) is 0 Å². The Hall–Kier alpha value is -1.69. The molecule has 1 amide bonds. The van der Waals surface area contributed by atoms with Gasteiger partial charge in [-0.05, 0) is 56.4 Å². The van der Waals surface area contributed by atoms with Crippen molar-refractivity contribution in [3.63, 3.8) is 0 Å². The van der Waals surface area contributed by atoms with Crippen LogP contribution in [-0.2, 0) is 17.8 Å². The first-order valence-electron chi connectivity index (χ1n) is 10.6. The summed E-state index contributed by atoms with van der Waals surface area (Å²) in [5.41, 5.74) is 2.67. The average molecular weight is 403 g/mol. The molecule has 0 aromatic heterocycles. The van der Waals surface area contributed by atoms with Crippen molar-refractivity contribution in [3.8, 4) is 0 Å². The van der Waals surface area contributed by atoms with Gasteiger partial charge < -0.3 is 15.5 Å². The summed E-state index contributed by atoms with van der Waals surface area (Å²) in [5.74, 6) is 1.15. The third-order valence-electron chi connectivity index (χ3n) is 5.70. The van der Waals surface area contributed by atoms with Gasteiger partial charge in [0.2, 0.25) is 5.91 Å². The topological polar surface area (TPSA) is 56.7 Å². The van der Waals surface area contributed by atoms with E-state index in [1.165, 1.54) is 30.4 Å². The lowest BCUT2D eigenvalue weighted by Crippen LogP contribution is -2.42. The quantitative estimate of drug-likeness (QED) is 0.418. The molecule has 3 rings (SSSR count). The second kappa shape index (κ2) is 10.7. The summed E-state index contributed by atoms with van der Waals surface area (Å²) in [4.78, 5) is 19.3. The molecule has 1 aliphatic heterocycles. The number of fused-ring (bicyclic) bond motifs is 1. The van der Waals surface area contributed by atoms with E-state index in [-0.39, 0.29) is 5.91 Å². The maximum absolute atomic E-state index is 12.6. The van der Waals surface area contributed by atoms with Crippen LogP contribution >= 0.6 is 11.8 Å². The first-order valence-corrected chi connectivity index (χ1v) is 11.9. The van der Waals surface area contributed by atoms with Gasteiger partial charge >= 0.3 is 0 Å². The minimum atomic E-state index is 0.251. The predicted octanol–water partition coefficient (Wildman–Crippen LogP) is 3.19.